The fraction of sp³-hybridized carbons (Fsp3) is 0.600. The van der Waals surface area contributed by atoms with E-state index in [1.165, 1.54) is 19.4 Å². The summed E-state index contributed by atoms with van der Waals surface area (Å²) in [6.07, 6.45) is -4.77. The van der Waals surface area contributed by atoms with Crippen molar-refractivity contribution < 1.29 is 32.0 Å². The predicted octanol–water partition coefficient (Wildman–Crippen LogP) is 2.28. The van der Waals surface area contributed by atoms with E-state index in [4.69, 9.17) is 14.0 Å². The number of rotatable bonds is 4. The second kappa shape index (κ2) is 6.49. The van der Waals surface area contributed by atoms with Gasteiger partial charge in [-0.1, -0.05) is 0 Å². The second-order valence-corrected chi connectivity index (χ2v) is 6.75. The van der Waals surface area contributed by atoms with Crippen LogP contribution in [-0.4, -0.2) is 42.5 Å². The zero-order valence-electron chi connectivity index (χ0n) is 14.7. The van der Waals surface area contributed by atoms with Gasteiger partial charge in [0.2, 0.25) is 11.8 Å². The highest BCUT2D eigenvalue weighted by Crippen LogP contribution is 2.36. The molecule has 1 aromatic rings. The minimum absolute atomic E-state index is 0.00390. The van der Waals surface area contributed by atoms with E-state index in [0.29, 0.717) is 5.46 Å². The molecule has 0 aromatic carbocycles. The van der Waals surface area contributed by atoms with E-state index in [2.05, 4.69) is 10.3 Å². The van der Waals surface area contributed by atoms with Crippen molar-refractivity contribution in [3.05, 3.63) is 12.3 Å². The number of aromatic nitrogens is 1. The zero-order valence-corrected chi connectivity index (χ0v) is 14.7. The lowest BCUT2D eigenvalue weighted by molar-refractivity contribution is -0.150. The van der Waals surface area contributed by atoms with E-state index in [1.807, 2.05) is 27.7 Å². The maximum atomic E-state index is 12.3. The van der Waals surface area contributed by atoms with Crippen molar-refractivity contribution in [1.29, 1.82) is 0 Å². The van der Waals surface area contributed by atoms with Crippen molar-refractivity contribution in [2.24, 2.45) is 0 Å². The van der Waals surface area contributed by atoms with Crippen molar-refractivity contribution >= 4 is 24.2 Å². The average Bonchev–Trinajstić information content (AvgIpc) is 2.65. The summed E-state index contributed by atoms with van der Waals surface area (Å²) < 4.78 is 53.7. The Balaban J connectivity index is 2.24. The van der Waals surface area contributed by atoms with E-state index in [-0.39, 0.29) is 11.6 Å². The molecule has 0 saturated carbocycles. The Morgan fingerprint density at radius 2 is 1.84 bits per heavy atom. The number of anilines is 1. The van der Waals surface area contributed by atoms with Crippen LogP contribution in [0.25, 0.3) is 0 Å². The molecule has 0 aliphatic carbocycles. The molecule has 0 radical (unpaired) electrons. The fourth-order valence-corrected chi connectivity index (χ4v) is 2.21. The molecule has 1 aliphatic heterocycles. The first-order valence-corrected chi connectivity index (χ1v) is 7.61. The summed E-state index contributed by atoms with van der Waals surface area (Å²) >= 11 is 0. The molecule has 1 saturated heterocycles. The van der Waals surface area contributed by atoms with Crippen molar-refractivity contribution in [3.63, 3.8) is 0 Å². The third kappa shape index (κ3) is 4.43. The van der Waals surface area contributed by atoms with Gasteiger partial charge in [0.15, 0.2) is 0 Å². The molecular formula is C15H20BF3N2O4. The topological polar surface area (TPSA) is 69.7 Å². The molecule has 1 fully saturated rings. The van der Waals surface area contributed by atoms with Gasteiger partial charge in [0.1, 0.15) is 12.1 Å². The van der Waals surface area contributed by atoms with E-state index in [0.717, 1.165) is 0 Å². The molecule has 1 aromatic heterocycles. The molecule has 1 N–H and O–H groups in total. The van der Waals surface area contributed by atoms with E-state index in [9.17, 15) is 18.0 Å². The smallest absolute Gasteiger partial charge is 0.480 e. The number of nitrogens with one attached hydrogen (secondary N) is 1. The molecule has 1 aliphatic rings. The molecular weight excluding hydrogens is 340 g/mol. The van der Waals surface area contributed by atoms with E-state index < -0.39 is 36.8 Å². The Hall–Kier alpha value is -1.81. The first-order valence-electron chi connectivity index (χ1n) is 7.61. The van der Waals surface area contributed by atoms with Crippen LogP contribution in [0, 0.1) is 0 Å². The first kappa shape index (κ1) is 19.5. The number of hydrogen-bond donors (Lipinski definition) is 1. The van der Waals surface area contributed by atoms with Crippen LogP contribution in [0.2, 0.25) is 0 Å². The third-order valence-electron chi connectivity index (χ3n) is 4.23. The fourth-order valence-electron chi connectivity index (χ4n) is 2.21. The number of ether oxygens (including phenoxy) is 1. The first-order chi connectivity index (χ1) is 11.3. The van der Waals surface area contributed by atoms with E-state index >= 15 is 0 Å². The molecule has 0 bridgehead atoms. The number of methoxy groups -OCH3 is 1. The highest BCUT2D eigenvalue weighted by Gasteiger charge is 2.52. The van der Waals surface area contributed by atoms with Gasteiger partial charge in [-0.25, -0.2) is 4.98 Å². The van der Waals surface area contributed by atoms with Crippen LogP contribution in [0.15, 0.2) is 12.3 Å². The van der Waals surface area contributed by atoms with Crippen molar-refractivity contribution in [2.45, 2.75) is 51.5 Å². The number of nitrogens with zero attached hydrogens (tertiary/aromatic N) is 1. The lowest BCUT2D eigenvalue weighted by atomic mass is 9.80. The van der Waals surface area contributed by atoms with Crippen LogP contribution < -0.4 is 15.5 Å². The second-order valence-electron chi connectivity index (χ2n) is 6.75. The van der Waals surface area contributed by atoms with Crippen LogP contribution in [0.5, 0.6) is 5.88 Å². The summed E-state index contributed by atoms with van der Waals surface area (Å²) in [6, 6.07) is 1.43. The molecule has 0 spiro atoms. The summed E-state index contributed by atoms with van der Waals surface area (Å²) in [5.74, 6) is -1.21. The molecule has 0 atom stereocenters. The van der Waals surface area contributed by atoms with Gasteiger partial charge in [0.25, 0.3) is 0 Å². The third-order valence-corrected chi connectivity index (χ3v) is 4.23. The molecule has 138 valence electrons. The summed E-state index contributed by atoms with van der Waals surface area (Å²) in [6.45, 7) is 7.48. The summed E-state index contributed by atoms with van der Waals surface area (Å²) in [4.78, 5) is 15.6. The van der Waals surface area contributed by atoms with Crippen LogP contribution in [0.3, 0.4) is 0 Å². The number of hydrogen-bond acceptors (Lipinski definition) is 5. The van der Waals surface area contributed by atoms with Crippen LogP contribution in [0.4, 0.5) is 18.9 Å². The maximum absolute atomic E-state index is 12.3. The van der Waals surface area contributed by atoms with Gasteiger partial charge in [0, 0.05) is 11.7 Å². The Morgan fingerprint density at radius 1 is 1.28 bits per heavy atom. The van der Waals surface area contributed by atoms with Crippen LogP contribution >= 0.6 is 0 Å². The number of carbonyl (C=O) groups excluding carboxylic acids is 1. The minimum atomic E-state index is -4.60. The molecule has 10 heteroatoms. The van der Waals surface area contributed by atoms with Gasteiger partial charge in [-0.15, -0.1) is 0 Å². The SMILES string of the molecule is COc1ncc(B2OC(C)(C)C(C)(C)O2)cc1NC(=O)CC(F)(F)F. The maximum Gasteiger partial charge on any atom is 0.496 e. The minimum Gasteiger partial charge on any atom is -0.480 e. The quantitative estimate of drug-likeness (QED) is 0.835. The number of amides is 1. The molecule has 0 unspecified atom stereocenters. The number of halogens is 3. The van der Waals surface area contributed by atoms with Crippen molar-refractivity contribution in [2.75, 3.05) is 12.4 Å². The van der Waals surface area contributed by atoms with Crippen LogP contribution in [0.1, 0.15) is 34.1 Å². The number of carbonyl (C=O) groups is 1. The lowest BCUT2D eigenvalue weighted by Crippen LogP contribution is -2.41. The van der Waals surface area contributed by atoms with Gasteiger partial charge < -0.3 is 19.4 Å². The lowest BCUT2D eigenvalue weighted by Gasteiger charge is -2.32. The molecule has 2 rings (SSSR count). The highest BCUT2D eigenvalue weighted by atomic mass is 19.4. The van der Waals surface area contributed by atoms with Gasteiger partial charge in [-0.2, -0.15) is 13.2 Å². The monoisotopic (exact) mass is 360 g/mol. The Bertz CT molecular complexity index is 649. The number of alkyl halides is 3. The molecule has 25 heavy (non-hydrogen) atoms. The van der Waals surface area contributed by atoms with E-state index in [1.54, 1.807) is 0 Å². The number of pyridine rings is 1. The Kier molecular flexibility index (Phi) is 5.07. The summed E-state index contributed by atoms with van der Waals surface area (Å²) in [5.41, 5.74) is -0.695. The van der Waals surface area contributed by atoms with Gasteiger partial charge >= 0.3 is 13.3 Å². The highest BCUT2D eigenvalue weighted by molar-refractivity contribution is 6.62. The van der Waals surface area contributed by atoms with Gasteiger partial charge in [-0.05, 0) is 33.8 Å². The largest absolute Gasteiger partial charge is 0.496 e. The van der Waals surface area contributed by atoms with Crippen molar-refractivity contribution in [3.8, 4) is 5.88 Å². The zero-order chi connectivity index (χ0) is 19.0. The summed E-state index contributed by atoms with van der Waals surface area (Å²) in [5, 5.41) is 2.17. The molecule has 1 amide bonds. The normalized spacial score (nSPS) is 19.0. The summed E-state index contributed by atoms with van der Waals surface area (Å²) in [7, 11) is 0.539. The standard InChI is InChI=1S/C15H20BF3N2O4/c1-13(2)14(3,4)25-16(24-13)9-6-10(12(23-5)20-8-9)21-11(22)7-15(17,18)19/h6,8H,7H2,1-5H3,(H,21,22). The predicted molar refractivity (Wildman–Crippen MR) is 85.8 cm³/mol. The Morgan fingerprint density at radius 3 is 2.32 bits per heavy atom. The Labute approximate surface area is 144 Å². The van der Waals surface area contributed by atoms with Crippen molar-refractivity contribution in [1.82, 2.24) is 4.98 Å². The van der Waals surface area contributed by atoms with Gasteiger partial charge in [-0.3, -0.25) is 4.79 Å². The molecule has 2 heterocycles. The van der Waals surface area contributed by atoms with Crippen LogP contribution in [-0.2, 0) is 14.1 Å². The average molecular weight is 360 g/mol. The molecule has 6 nitrogen and oxygen atoms in total. The van der Waals surface area contributed by atoms with Gasteiger partial charge in [0.05, 0.1) is 18.3 Å².